The number of piperidine rings is 1. The Labute approximate surface area is 132 Å². The fraction of sp³-hybridized carbons (Fsp3) is 0.562. The summed E-state index contributed by atoms with van der Waals surface area (Å²) in [6.45, 7) is 3.24. The van der Waals surface area contributed by atoms with Gasteiger partial charge in [0.25, 0.3) is 0 Å². The summed E-state index contributed by atoms with van der Waals surface area (Å²) < 4.78 is 13.2. The summed E-state index contributed by atoms with van der Waals surface area (Å²) in [6, 6.07) is 6.65. The lowest BCUT2D eigenvalue weighted by Crippen LogP contribution is -2.49. The summed E-state index contributed by atoms with van der Waals surface area (Å²) in [5.74, 6) is -0.242. The third kappa shape index (κ3) is 4.68. The van der Waals surface area contributed by atoms with Gasteiger partial charge in [0.15, 0.2) is 0 Å². The van der Waals surface area contributed by atoms with Crippen LogP contribution >= 0.6 is 12.4 Å². The van der Waals surface area contributed by atoms with Gasteiger partial charge in [0, 0.05) is 25.0 Å². The minimum Gasteiger partial charge on any atom is -0.338 e. The average molecular weight is 315 g/mol. The van der Waals surface area contributed by atoms with E-state index in [4.69, 9.17) is 5.73 Å². The molecule has 1 fully saturated rings. The maximum Gasteiger partial charge on any atom is 0.226 e. The number of nitrogens with two attached hydrogens (primary N) is 1. The van der Waals surface area contributed by atoms with Crippen molar-refractivity contribution < 1.29 is 9.18 Å². The van der Waals surface area contributed by atoms with Gasteiger partial charge in [-0.2, -0.15) is 0 Å². The fourth-order valence-corrected chi connectivity index (χ4v) is 2.92. The minimum atomic E-state index is -0.250. The molecule has 1 aliphatic rings. The molecule has 1 amide bonds. The van der Waals surface area contributed by atoms with Gasteiger partial charge in [-0.3, -0.25) is 4.79 Å². The van der Waals surface area contributed by atoms with E-state index in [9.17, 15) is 9.18 Å². The van der Waals surface area contributed by atoms with Crippen molar-refractivity contribution >= 4 is 18.3 Å². The molecule has 2 unspecified atom stereocenters. The fourth-order valence-electron chi connectivity index (χ4n) is 2.92. The van der Waals surface area contributed by atoms with Crippen molar-refractivity contribution in [1.82, 2.24) is 4.90 Å². The van der Waals surface area contributed by atoms with E-state index in [0.717, 1.165) is 31.4 Å². The first-order chi connectivity index (χ1) is 9.61. The van der Waals surface area contributed by atoms with Crippen LogP contribution in [0.2, 0.25) is 0 Å². The van der Waals surface area contributed by atoms with Crippen molar-refractivity contribution in [3.8, 4) is 0 Å². The van der Waals surface area contributed by atoms with Gasteiger partial charge >= 0.3 is 0 Å². The van der Waals surface area contributed by atoms with Gasteiger partial charge in [-0.25, -0.2) is 4.39 Å². The normalized spacial score (nSPS) is 19.8. The van der Waals surface area contributed by atoms with Crippen molar-refractivity contribution in [2.45, 2.75) is 38.6 Å². The highest BCUT2D eigenvalue weighted by Gasteiger charge is 2.28. The Morgan fingerprint density at radius 1 is 1.48 bits per heavy atom. The molecule has 0 radical (unpaired) electrons. The zero-order chi connectivity index (χ0) is 14.5. The predicted octanol–water partition coefficient (Wildman–Crippen LogP) is 2.77. The molecular weight excluding hydrogens is 291 g/mol. The molecule has 118 valence electrons. The third-order valence-electron chi connectivity index (χ3n) is 4.03. The SMILES string of the molecule is CC(Cc1cccc(F)c1)C(=O)N1CCCCC1CN.Cl. The van der Waals surface area contributed by atoms with Gasteiger partial charge < -0.3 is 10.6 Å². The van der Waals surface area contributed by atoms with E-state index in [1.54, 1.807) is 6.07 Å². The molecular formula is C16H24ClFN2O. The number of benzene rings is 1. The lowest BCUT2D eigenvalue weighted by Gasteiger charge is -2.36. The summed E-state index contributed by atoms with van der Waals surface area (Å²) in [5, 5.41) is 0. The number of carbonyl (C=O) groups is 1. The standard InChI is InChI=1S/C16H23FN2O.ClH/c1-12(9-13-5-4-6-14(17)10-13)16(20)19-8-3-2-7-15(19)11-18;/h4-6,10,12,15H,2-3,7-9,11,18H2,1H3;1H. The number of amides is 1. The molecule has 1 heterocycles. The quantitative estimate of drug-likeness (QED) is 0.929. The van der Waals surface area contributed by atoms with Gasteiger partial charge in [-0.15, -0.1) is 12.4 Å². The van der Waals surface area contributed by atoms with Crippen molar-refractivity contribution in [3.05, 3.63) is 35.6 Å². The van der Waals surface area contributed by atoms with Crippen molar-refractivity contribution in [1.29, 1.82) is 0 Å². The van der Waals surface area contributed by atoms with E-state index < -0.39 is 0 Å². The molecule has 0 aromatic heterocycles. The molecule has 0 aliphatic carbocycles. The van der Waals surface area contributed by atoms with Crippen LogP contribution in [0.4, 0.5) is 4.39 Å². The second-order valence-electron chi connectivity index (χ2n) is 5.65. The Kier molecular flexibility index (Phi) is 7.12. The number of hydrogen-bond donors (Lipinski definition) is 1. The Hall–Kier alpha value is -1.13. The first-order valence-corrected chi connectivity index (χ1v) is 7.37. The summed E-state index contributed by atoms with van der Waals surface area (Å²) in [4.78, 5) is 14.5. The van der Waals surface area contributed by atoms with E-state index in [1.807, 2.05) is 17.9 Å². The molecule has 1 aromatic rings. The highest BCUT2D eigenvalue weighted by Crippen LogP contribution is 2.20. The molecule has 2 N–H and O–H groups in total. The van der Waals surface area contributed by atoms with Gasteiger partial charge in [0.2, 0.25) is 5.91 Å². The van der Waals surface area contributed by atoms with E-state index in [-0.39, 0.29) is 36.1 Å². The largest absolute Gasteiger partial charge is 0.338 e. The number of halogens is 2. The zero-order valence-corrected chi connectivity index (χ0v) is 13.2. The van der Waals surface area contributed by atoms with Crippen molar-refractivity contribution in [3.63, 3.8) is 0 Å². The van der Waals surface area contributed by atoms with Crippen LogP contribution < -0.4 is 5.73 Å². The van der Waals surface area contributed by atoms with Crippen LogP contribution in [0.5, 0.6) is 0 Å². The smallest absolute Gasteiger partial charge is 0.226 e. The van der Waals surface area contributed by atoms with Crippen molar-refractivity contribution in [2.75, 3.05) is 13.1 Å². The second-order valence-corrected chi connectivity index (χ2v) is 5.65. The summed E-state index contributed by atoms with van der Waals surface area (Å²) in [5.41, 5.74) is 6.63. The Morgan fingerprint density at radius 3 is 2.90 bits per heavy atom. The minimum absolute atomic E-state index is 0. The average Bonchev–Trinajstić information content (AvgIpc) is 2.46. The summed E-state index contributed by atoms with van der Waals surface area (Å²) in [7, 11) is 0. The van der Waals surface area contributed by atoms with Gasteiger partial charge in [0.05, 0.1) is 0 Å². The molecule has 3 nitrogen and oxygen atoms in total. The molecule has 1 aromatic carbocycles. The lowest BCUT2D eigenvalue weighted by molar-refractivity contribution is -0.138. The first kappa shape index (κ1) is 17.9. The molecule has 1 saturated heterocycles. The molecule has 5 heteroatoms. The third-order valence-corrected chi connectivity index (χ3v) is 4.03. The predicted molar refractivity (Wildman–Crippen MR) is 84.9 cm³/mol. The van der Waals surface area contributed by atoms with E-state index >= 15 is 0 Å². The molecule has 0 saturated carbocycles. The second kappa shape index (κ2) is 8.35. The Balaban J connectivity index is 0.00000220. The zero-order valence-electron chi connectivity index (χ0n) is 12.4. The Morgan fingerprint density at radius 2 is 2.24 bits per heavy atom. The van der Waals surface area contributed by atoms with Crippen LogP contribution in [0, 0.1) is 11.7 Å². The molecule has 0 bridgehead atoms. The van der Waals surface area contributed by atoms with E-state index in [0.29, 0.717) is 13.0 Å². The van der Waals surface area contributed by atoms with Gasteiger partial charge in [-0.05, 0) is 43.4 Å². The molecule has 21 heavy (non-hydrogen) atoms. The monoisotopic (exact) mass is 314 g/mol. The topological polar surface area (TPSA) is 46.3 Å². The van der Waals surface area contributed by atoms with Crippen LogP contribution in [0.1, 0.15) is 31.7 Å². The first-order valence-electron chi connectivity index (χ1n) is 7.37. The maximum atomic E-state index is 13.2. The molecule has 2 atom stereocenters. The summed E-state index contributed by atoms with van der Waals surface area (Å²) in [6.07, 6.45) is 3.76. The molecule has 2 rings (SSSR count). The van der Waals surface area contributed by atoms with E-state index in [2.05, 4.69) is 0 Å². The highest BCUT2D eigenvalue weighted by atomic mass is 35.5. The number of carbonyl (C=O) groups excluding carboxylic acids is 1. The van der Waals surface area contributed by atoms with Crippen LogP contribution in [0.15, 0.2) is 24.3 Å². The summed E-state index contributed by atoms with van der Waals surface area (Å²) >= 11 is 0. The van der Waals surface area contributed by atoms with Crippen LogP contribution in [-0.4, -0.2) is 29.9 Å². The number of likely N-dealkylation sites (tertiary alicyclic amines) is 1. The molecule has 0 spiro atoms. The van der Waals surface area contributed by atoms with Crippen LogP contribution in [-0.2, 0) is 11.2 Å². The van der Waals surface area contributed by atoms with E-state index in [1.165, 1.54) is 12.1 Å². The van der Waals surface area contributed by atoms with Crippen LogP contribution in [0.3, 0.4) is 0 Å². The van der Waals surface area contributed by atoms with Crippen LogP contribution in [0.25, 0.3) is 0 Å². The number of nitrogens with zero attached hydrogens (tertiary/aromatic N) is 1. The Bertz CT molecular complexity index is 469. The van der Waals surface area contributed by atoms with Gasteiger partial charge in [0.1, 0.15) is 5.82 Å². The maximum absolute atomic E-state index is 13.2. The highest BCUT2D eigenvalue weighted by molar-refractivity contribution is 5.85. The number of rotatable bonds is 4. The number of hydrogen-bond acceptors (Lipinski definition) is 2. The van der Waals surface area contributed by atoms with Gasteiger partial charge in [-0.1, -0.05) is 19.1 Å². The van der Waals surface area contributed by atoms with Crippen molar-refractivity contribution in [2.24, 2.45) is 11.7 Å². The lowest BCUT2D eigenvalue weighted by atomic mass is 9.96. The molecule has 1 aliphatic heterocycles.